The van der Waals surface area contributed by atoms with Crippen molar-refractivity contribution in [3.8, 4) is 0 Å². The van der Waals surface area contributed by atoms with Crippen LogP contribution in [0.3, 0.4) is 0 Å². The Morgan fingerprint density at radius 3 is 2.53 bits per heavy atom. The molecule has 3 heteroatoms. The van der Waals surface area contributed by atoms with Crippen molar-refractivity contribution in [2.75, 3.05) is 25.1 Å². The van der Waals surface area contributed by atoms with Gasteiger partial charge in [-0.15, -0.1) is 0 Å². The number of nitrogens with zero attached hydrogens (tertiary/aromatic N) is 1. The highest BCUT2D eigenvalue weighted by Crippen LogP contribution is 2.17. The fraction of sp³-hybridized carbons (Fsp3) is 0.562. The highest BCUT2D eigenvalue weighted by molar-refractivity contribution is 7.99. The molecule has 0 spiro atoms. The summed E-state index contributed by atoms with van der Waals surface area (Å²) in [6, 6.07) is 8.41. The highest BCUT2D eigenvalue weighted by atomic mass is 32.2. The van der Waals surface area contributed by atoms with Crippen molar-refractivity contribution in [1.82, 2.24) is 4.90 Å². The van der Waals surface area contributed by atoms with E-state index in [4.69, 9.17) is 0 Å². The summed E-state index contributed by atoms with van der Waals surface area (Å²) in [4.78, 5) is 14.3. The second-order valence-corrected chi connectivity index (χ2v) is 6.12. The van der Waals surface area contributed by atoms with Gasteiger partial charge in [-0.1, -0.05) is 30.7 Å². The predicted molar refractivity (Wildman–Crippen MR) is 82.7 cm³/mol. The third kappa shape index (κ3) is 4.66. The molecule has 0 bridgehead atoms. The van der Waals surface area contributed by atoms with Crippen molar-refractivity contribution >= 4 is 17.5 Å². The van der Waals surface area contributed by atoms with Crippen LogP contribution >= 0.6 is 11.8 Å². The van der Waals surface area contributed by atoms with Gasteiger partial charge in [0, 0.05) is 13.0 Å². The quantitative estimate of drug-likeness (QED) is 0.796. The Labute approximate surface area is 120 Å². The largest absolute Gasteiger partial charge is 0.299 e. The number of hydrogen-bond donors (Lipinski definition) is 0. The third-order valence-corrected chi connectivity index (χ3v) is 4.26. The number of ketones is 1. The highest BCUT2D eigenvalue weighted by Gasteiger charge is 2.13. The summed E-state index contributed by atoms with van der Waals surface area (Å²) in [6.45, 7) is 3.41. The summed E-state index contributed by atoms with van der Waals surface area (Å²) >= 11 is 1.61. The topological polar surface area (TPSA) is 20.3 Å². The first-order valence-corrected chi connectivity index (χ1v) is 8.49. The van der Waals surface area contributed by atoms with Crippen LogP contribution in [0.1, 0.15) is 30.4 Å². The Kier molecular flexibility index (Phi) is 5.93. The molecule has 0 N–H and O–H groups in total. The summed E-state index contributed by atoms with van der Waals surface area (Å²) in [6.07, 6.45) is 6.56. The van der Waals surface area contributed by atoms with Gasteiger partial charge in [-0.2, -0.15) is 11.8 Å². The first-order valence-electron chi connectivity index (χ1n) is 7.09. The molecule has 0 unspecified atom stereocenters. The number of likely N-dealkylation sites (tertiary alicyclic amines) is 1. The Hall–Kier alpha value is -0.800. The molecular formula is C16H23NOS. The SMILES string of the molecule is CSCC(=O)Cc1ccccc1CN1CCCCC1. The van der Waals surface area contributed by atoms with Crippen molar-refractivity contribution < 1.29 is 4.79 Å². The minimum atomic E-state index is 0.332. The van der Waals surface area contributed by atoms with Crippen molar-refractivity contribution in [3.05, 3.63) is 35.4 Å². The average molecular weight is 277 g/mol. The second kappa shape index (κ2) is 7.71. The van der Waals surface area contributed by atoms with Crippen molar-refractivity contribution in [2.24, 2.45) is 0 Å². The molecule has 0 aromatic heterocycles. The van der Waals surface area contributed by atoms with Crippen molar-refractivity contribution in [1.29, 1.82) is 0 Å². The van der Waals surface area contributed by atoms with Crippen LogP contribution in [0.2, 0.25) is 0 Å². The van der Waals surface area contributed by atoms with Gasteiger partial charge < -0.3 is 0 Å². The summed E-state index contributed by atoms with van der Waals surface area (Å²) < 4.78 is 0. The van der Waals surface area contributed by atoms with E-state index in [1.165, 1.54) is 43.5 Å². The standard InChI is InChI=1S/C16H23NOS/c1-19-13-16(18)11-14-7-3-4-8-15(14)12-17-9-5-2-6-10-17/h3-4,7-8H,2,5-6,9-13H2,1H3. The molecule has 0 amide bonds. The molecule has 1 aromatic rings. The van der Waals surface area contributed by atoms with E-state index >= 15 is 0 Å². The Morgan fingerprint density at radius 2 is 1.84 bits per heavy atom. The number of benzene rings is 1. The molecule has 1 fully saturated rings. The van der Waals surface area contributed by atoms with E-state index in [0.717, 1.165) is 6.54 Å². The molecule has 0 radical (unpaired) electrons. The number of hydrogen-bond acceptors (Lipinski definition) is 3. The van der Waals surface area contributed by atoms with Crippen LogP contribution in [0.15, 0.2) is 24.3 Å². The van der Waals surface area contributed by atoms with E-state index in [1.807, 2.05) is 12.3 Å². The van der Waals surface area contributed by atoms with Gasteiger partial charge in [-0.05, 0) is 43.3 Å². The van der Waals surface area contributed by atoms with Gasteiger partial charge in [0.2, 0.25) is 0 Å². The first kappa shape index (κ1) is 14.6. The Balaban J connectivity index is 2.00. The molecule has 0 saturated carbocycles. The van der Waals surface area contributed by atoms with Gasteiger partial charge in [0.1, 0.15) is 5.78 Å². The van der Waals surface area contributed by atoms with Gasteiger partial charge in [-0.25, -0.2) is 0 Å². The van der Waals surface area contributed by atoms with E-state index in [2.05, 4.69) is 23.1 Å². The van der Waals surface area contributed by atoms with Gasteiger partial charge >= 0.3 is 0 Å². The number of piperidine rings is 1. The number of Topliss-reactive ketones (excluding diaryl/α,β-unsaturated/α-hetero) is 1. The Morgan fingerprint density at radius 1 is 1.16 bits per heavy atom. The zero-order valence-corrected chi connectivity index (χ0v) is 12.5. The summed E-state index contributed by atoms with van der Waals surface area (Å²) in [5, 5.41) is 0. The molecule has 1 aliphatic rings. The van der Waals surface area contributed by atoms with E-state index in [-0.39, 0.29) is 0 Å². The zero-order valence-electron chi connectivity index (χ0n) is 11.7. The van der Waals surface area contributed by atoms with Crippen LogP contribution in [0.5, 0.6) is 0 Å². The lowest BCUT2D eigenvalue weighted by molar-refractivity contribution is -0.116. The van der Waals surface area contributed by atoms with E-state index in [1.54, 1.807) is 11.8 Å². The maximum atomic E-state index is 11.8. The summed E-state index contributed by atoms with van der Waals surface area (Å²) in [5.74, 6) is 0.955. The number of carbonyl (C=O) groups is 1. The van der Waals surface area contributed by atoms with Gasteiger partial charge in [0.25, 0.3) is 0 Å². The van der Waals surface area contributed by atoms with Crippen LogP contribution in [0.25, 0.3) is 0 Å². The lowest BCUT2D eigenvalue weighted by atomic mass is 10.0. The molecule has 1 heterocycles. The minimum absolute atomic E-state index is 0.332. The maximum Gasteiger partial charge on any atom is 0.147 e. The molecule has 1 aromatic carbocycles. The second-order valence-electron chi connectivity index (χ2n) is 5.25. The molecule has 1 saturated heterocycles. The molecule has 2 rings (SSSR count). The van der Waals surface area contributed by atoms with E-state index in [9.17, 15) is 4.79 Å². The molecule has 0 atom stereocenters. The summed E-state index contributed by atoms with van der Waals surface area (Å²) in [7, 11) is 0. The smallest absolute Gasteiger partial charge is 0.147 e. The van der Waals surface area contributed by atoms with E-state index in [0.29, 0.717) is 18.0 Å². The average Bonchev–Trinajstić information content (AvgIpc) is 2.42. The maximum absolute atomic E-state index is 11.8. The normalized spacial score (nSPS) is 16.5. The third-order valence-electron chi connectivity index (χ3n) is 3.65. The molecular weight excluding hydrogens is 254 g/mol. The van der Waals surface area contributed by atoms with Gasteiger partial charge in [0.15, 0.2) is 0 Å². The molecule has 104 valence electrons. The molecule has 0 aliphatic carbocycles. The van der Waals surface area contributed by atoms with Crippen LogP contribution in [-0.4, -0.2) is 35.8 Å². The molecule has 1 aliphatic heterocycles. The van der Waals surface area contributed by atoms with Crippen LogP contribution in [0.4, 0.5) is 0 Å². The van der Waals surface area contributed by atoms with Crippen molar-refractivity contribution in [2.45, 2.75) is 32.2 Å². The van der Waals surface area contributed by atoms with Crippen LogP contribution in [0, 0.1) is 0 Å². The first-order chi connectivity index (χ1) is 9.29. The van der Waals surface area contributed by atoms with E-state index < -0.39 is 0 Å². The lowest BCUT2D eigenvalue weighted by Gasteiger charge is -2.27. The summed E-state index contributed by atoms with van der Waals surface area (Å²) in [5.41, 5.74) is 2.55. The predicted octanol–water partition coefficient (Wildman–Crippen LogP) is 3.15. The Bertz CT molecular complexity index is 413. The van der Waals surface area contributed by atoms with Gasteiger partial charge in [-0.3, -0.25) is 9.69 Å². The lowest BCUT2D eigenvalue weighted by Crippen LogP contribution is -2.29. The molecule has 19 heavy (non-hydrogen) atoms. The van der Waals surface area contributed by atoms with Crippen molar-refractivity contribution in [3.63, 3.8) is 0 Å². The fourth-order valence-electron chi connectivity index (χ4n) is 2.67. The fourth-order valence-corrected chi connectivity index (χ4v) is 3.09. The van der Waals surface area contributed by atoms with Crippen LogP contribution in [-0.2, 0) is 17.8 Å². The zero-order chi connectivity index (χ0) is 13.5. The number of thioether (sulfide) groups is 1. The monoisotopic (exact) mass is 277 g/mol. The number of rotatable bonds is 6. The van der Waals surface area contributed by atoms with Gasteiger partial charge in [0.05, 0.1) is 5.75 Å². The molecule has 2 nitrogen and oxygen atoms in total. The minimum Gasteiger partial charge on any atom is -0.299 e. The number of carbonyl (C=O) groups excluding carboxylic acids is 1. The van der Waals surface area contributed by atoms with Crippen LogP contribution < -0.4 is 0 Å².